The molecule has 0 spiro atoms. The summed E-state index contributed by atoms with van der Waals surface area (Å²) in [4.78, 5) is 0. The average Bonchev–Trinajstić information content (AvgIpc) is 2.90. The van der Waals surface area contributed by atoms with Crippen LogP contribution in [-0.4, -0.2) is 9.78 Å². The molecule has 1 aromatic carbocycles. The number of aromatic nitrogens is 2. The van der Waals surface area contributed by atoms with E-state index in [1.54, 1.807) is 6.20 Å². The fraction of sp³-hybridized carbons (Fsp3) is 0.333. The van der Waals surface area contributed by atoms with Crippen LogP contribution < -0.4 is 5.32 Å². The molecule has 0 saturated carbocycles. The van der Waals surface area contributed by atoms with Gasteiger partial charge in [0.15, 0.2) is 0 Å². The van der Waals surface area contributed by atoms with Gasteiger partial charge in [-0.15, -0.1) is 0 Å². The predicted octanol–water partition coefficient (Wildman–Crippen LogP) is 2.82. The Labute approximate surface area is 113 Å². The fourth-order valence-electron chi connectivity index (χ4n) is 1.84. The van der Waals surface area contributed by atoms with E-state index in [-0.39, 0.29) is 6.04 Å². The molecule has 1 aromatic heterocycles. The summed E-state index contributed by atoms with van der Waals surface area (Å²) in [5.74, 6) is 0. The molecular formula is C15H18N4. The maximum Gasteiger partial charge on any atom is 0.124 e. The zero-order chi connectivity index (χ0) is 13.7. The molecule has 4 heteroatoms. The summed E-state index contributed by atoms with van der Waals surface area (Å²) < 4.78 is 1.86. The van der Waals surface area contributed by atoms with E-state index in [0.717, 1.165) is 5.56 Å². The third-order valence-electron chi connectivity index (χ3n) is 2.97. The minimum Gasteiger partial charge on any atom is -0.294 e. The molecule has 0 fully saturated rings. The van der Waals surface area contributed by atoms with E-state index in [2.05, 4.69) is 30.3 Å². The molecule has 98 valence electrons. The van der Waals surface area contributed by atoms with Crippen molar-refractivity contribution in [2.45, 2.75) is 32.5 Å². The van der Waals surface area contributed by atoms with Gasteiger partial charge >= 0.3 is 0 Å². The molecule has 0 amide bonds. The zero-order valence-corrected chi connectivity index (χ0v) is 11.2. The average molecular weight is 254 g/mol. The Balaban J connectivity index is 2.02. The van der Waals surface area contributed by atoms with Crippen LogP contribution >= 0.6 is 0 Å². The molecule has 1 unspecified atom stereocenters. The number of nitrogens with one attached hydrogen (secondary N) is 1. The fourth-order valence-corrected chi connectivity index (χ4v) is 1.84. The lowest BCUT2D eigenvalue weighted by molar-refractivity contribution is 0.531. The molecule has 0 aliphatic heterocycles. The second-order valence-corrected chi connectivity index (χ2v) is 4.78. The topological polar surface area (TPSA) is 53.6 Å². The quantitative estimate of drug-likeness (QED) is 0.892. The van der Waals surface area contributed by atoms with E-state index in [0.29, 0.717) is 12.6 Å². The normalized spacial score (nSPS) is 12.3. The maximum absolute atomic E-state index is 9.26. The van der Waals surface area contributed by atoms with Gasteiger partial charge in [0.1, 0.15) is 6.04 Å². The molecule has 2 aromatic rings. The van der Waals surface area contributed by atoms with Crippen molar-refractivity contribution in [2.75, 3.05) is 0 Å². The van der Waals surface area contributed by atoms with Crippen LogP contribution in [-0.2, 0) is 6.54 Å². The number of hydrogen-bond donors (Lipinski definition) is 1. The van der Waals surface area contributed by atoms with Gasteiger partial charge in [-0.3, -0.25) is 10.00 Å². The van der Waals surface area contributed by atoms with E-state index in [1.165, 1.54) is 5.56 Å². The van der Waals surface area contributed by atoms with Crippen LogP contribution in [0.15, 0.2) is 42.7 Å². The number of nitrogens with zero attached hydrogens (tertiary/aromatic N) is 3. The highest BCUT2D eigenvalue weighted by atomic mass is 15.3. The lowest BCUT2D eigenvalue weighted by atomic mass is 10.1. The second-order valence-electron chi connectivity index (χ2n) is 4.78. The van der Waals surface area contributed by atoms with E-state index < -0.39 is 0 Å². The van der Waals surface area contributed by atoms with Crippen molar-refractivity contribution >= 4 is 0 Å². The summed E-state index contributed by atoms with van der Waals surface area (Å²) in [6.45, 7) is 4.80. The Morgan fingerprint density at radius 1 is 1.32 bits per heavy atom. The first-order valence-electron chi connectivity index (χ1n) is 6.41. The summed E-state index contributed by atoms with van der Waals surface area (Å²) in [5.41, 5.74) is 2.08. The van der Waals surface area contributed by atoms with Crippen molar-refractivity contribution in [3.8, 4) is 6.07 Å². The Morgan fingerprint density at radius 2 is 2.05 bits per heavy atom. The zero-order valence-electron chi connectivity index (χ0n) is 11.2. The third-order valence-corrected chi connectivity index (χ3v) is 2.97. The minimum absolute atomic E-state index is 0.308. The van der Waals surface area contributed by atoms with Crippen LogP contribution in [0.4, 0.5) is 0 Å². The van der Waals surface area contributed by atoms with Crippen molar-refractivity contribution < 1.29 is 0 Å². The molecule has 1 heterocycles. The van der Waals surface area contributed by atoms with Crippen molar-refractivity contribution in [1.82, 2.24) is 15.1 Å². The van der Waals surface area contributed by atoms with Gasteiger partial charge in [0.05, 0.1) is 12.3 Å². The molecule has 0 radical (unpaired) electrons. The van der Waals surface area contributed by atoms with Gasteiger partial charge in [-0.05, 0) is 19.4 Å². The van der Waals surface area contributed by atoms with E-state index in [4.69, 9.17) is 0 Å². The number of benzene rings is 1. The molecule has 1 atom stereocenters. The Bertz CT molecular complexity index is 551. The Morgan fingerprint density at radius 3 is 2.63 bits per heavy atom. The first kappa shape index (κ1) is 13.3. The first-order valence-corrected chi connectivity index (χ1v) is 6.41. The van der Waals surface area contributed by atoms with Gasteiger partial charge in [-0.1, -0.05) is 30.3 Å². The summed E-state index contributed by atoms with van der Waals surface area (Å²) in [6, 6.07) is 12.3. The molecule has 0 aliphatic rings. The van der Waals surface area contributed by atoms with Crippen molar-refractivity contribution in [2.24, 2.45) is 0 Å². The van der Waals surface area contributed by atoms with Crippen LogP contribution in [0, 0.1) is 11.3 Å². The molecule has 0 saturated heterocycles. The van der Waals surface area contributed by atoms with Gasteiger partial charge in [-0.25, -0.2) is 0 Å². The summed E-state index contributed by atoms with van der Waals surface area (Å²) in [5, 5.41) is 16.8. The first-order chi connectivity index (χ1) is 9.20. The van der Waals surface area contributed by atoms with Crippen molar-refractivity contribution in [3.05, 3.63) is 53.9 Å². The third kappa shape index (κ3) is 3.43. The highest BCUT2D eigenvalue weighted by Crippen LogP contribution is 2.14. The van der Waals surface area contributed by atoms with Gasteiger partial charge in [0.25, 0.3) is 0 Å². The SMILES string of the molecule is CC(C)n1cc(C(C#N)NCc2ccccc2)cn1. The maximum atomic E-state index is 9.26. The highest BCUT2D eigenvalue weighted by Gasteiger charge is 2.12. The van der Waals surface area contributed by atoms with Crippen LogP contribution in [0.2, 0.25) is 0 Å². The molecule has 19 heavy (non-hydrogen) atoms. The molecule has 0 bridgehead atoms. The van der Waals surface area contributed by atoms with Crippen LogP contribution in [0.5, 0.6) is 0 Å². The van der Waals surface area contributed by atoms with Gasteiger partial charge in [-0.2, -0.15) is 10.4 Å². The smallest absolute Gasteiger partial charge is 0.124 e. The monoisotopic (exact) mass is 254 g/mol. The van der Waals surface area contributed by atoms with Gasteiger partial charge in [0, 0.05) is 24.3 Å². The number of hydrogen-bond acceptors (Lipinski definition) is 3. The largest absolute Gasteiger partial charge is 0.294 e. The Kier molecular flexibility index (Phi) is 4.32. The lowest BCUT2D eigenvalue weighted by Crippen LogP contribution is -2.19. The molecule has 2 rings (SSSR count). The standard InChI is InChI=1S/C15H18N4/c1-12(2)19-11-14(10-18-19)15(8-16)17-9-13-6-4-3-5-7-13/h3-7,10-12,15,17H,9H2,1-2H3. The van der Waals surface area contributed by atoms with Crippen LogP contribution in [0.25, 0.3) is 0 Å². The van der Waals surface area contributed by atoms with Gasteiger partial charge in [0.2, 0.25) is 0 Å². The predicted molar refractivity (Wildman–Crippen MR) is 74.2 cm³/mol. The van der Waals surface area contributed by atoms with E-state index in [9.17, 15) is 5.26 Å². The number of nitriles is 1. The van der Waals surface area contributed by atoms with Crippen LogP contribution in [0.3, 0.4) is 0 Å². The van der Waals surface area contributed by atoms with Crippen molar-refractivity contribution in [1.29, 1.82) is 5.26 Å². The molecular weight excluding hydrogens is 236 g/mol. The Hall–Kier alpha value is -2.12. The van der Waals surface area contributed by atoms with E-state index >= 15 is 0 Å². The summed E-state index contributed by atoms with van der Waals surface area (Å²) in [7, 11) is 0. The van der Waals surface area contributed by atoms with Crippen molar-refractivity contribution in [3.63, 3.8) is 0 Å². The van der Waals surface area contributed by atoms with Crippen LogP contribution in [0.1, 0.15) is 37.1 Å². The highest BCUT2D eigenvalue weighted by molar-refractivity contribution is 5.20. The minimum atomic E-state index is -0.326. The van der Waals surface area contributed by atoms with Gasteiger partial charge < -0.3 is 0 Å². The second kappa shape index (κ2) is 6.17. The summed E-state index contributed by atoms with van der Waals surface area (Å²) in [6.07, 6.45) is 3.68. The number of rotatable bonds is 5. The van der Waals surface area contributed by atoms with E-state index in [1.807, 2.05) is 41.2 Å². The molecule has 4 nitrogen and oxygen atoms in total. The molecule has 0 aliphatic carbocycles. The lowest BCUT2D eigenvalue weighted by Gasteiger charge is -2.10. The summed E-state index contributed by atoms with van der Waals surface area (Å²) >= 11 is 0. The molecule has 1 N–H and O–H groups in total.